The maximum Gasteiger partial charge on any atom is 0.308 e. The number of sulfonamides is 1. The minimum absolute atomic E-state index is 0.000219. The van der Waals surface area contributed by atoms with Gasteiger partial charge in [-0.2, -0.15) is 0 Å². The monoisotopic (exact) mass is 545 g/mol. The summed E-state index contributed by atoms with van der Waals surface area (Å²) in [5.41, 5.74) is 1.44. The Labute approximate surface area is 217 Å². The summed E-state index contributed by atoms with van der Waals surface area (Å²) in [5.74, 6) is -0.181. The van der Waals surface area contributed by atoms with E-state index in [0.717, 1.165) is 25.9 Å². The Bertz CT molecular complexity index is 1580. The molecule has 1 amide bonds. The van der Waals surface area contributed by atoms with E-state index in [1.807, 2.05) is 13.8 Å². The zero-order valence-corrected chi connectivity index (χ0v) is 22.2. The van der Waals surface area contributed by atoms with Gasteiger partial charge >= 0.3 is 4.87 Å². The number of nitrogens with one attached hydrogen (secondary N) is 1. The Kier molecular flexibility index (Phi) is 7.39. The zero-order chi connectivity index (χ0) is 26.0. The van der Waals surface area contributed by atoms with Crippen LogP contribution in [0, 0.1) is 0 Å². The van der Waals surface area contributed by atoms with Crippen LogP contribution in [-0.4, -0.2) is 32.5 Å². The molecule has 4 rings (SSSR count). The van der Waals surface area contributed by atoms with Crippen LogP contribution in [0.3, 0.4) is 0 Å². The van der Waals surface area contributed by atoms with Gasteiger partial charge in [0.25, 0.3) is 10.0 Å². The fourth-order valence-corrected chi connectivity index (χ4v) is 6.52. The van der Waals surface area contributed by atoms with E-state index < -0.39 is 22.5 Å². The third-order valence-electron chi connectivity index (χ3n) is 5.46. The highest BCUT2D eigenvalue weighted by molar-refractivity contribution is 7.92. The third kappa shape index (κ3) is 5.11. The summed E-state index contributed by atoms with van der Waals surface area (Å²) in [4.78, 5) is 25.3. The molecule has 0 saturated carbocycles. The summed E-state index contributed by atoms with van der Waals surface area (Å²) >= 11 is 7.34. The molecule has 0 unspecified atom stereocenters. The molecule has 0 fully saturated rings. The quantitative estimate of drug-likeness (QED) is 0.330. The number of halogens is 1. The molecule has 1 heterocycles. The highest BCUT2D eigenvalue weighted by Crippen LogP contribution is 2.32. The van der Waals surface area contributed by atoms with Crippen molar-refractivity contribution in [2.75, 3.05) is 23.3 Å². The zero-order valence-electron chi connectivity index (χ0n) is 19.8. The molecule has 0 radical (unpaired) electrons. The number of anilines is 2. The molecule has 0 atom stereocenters. The summed E-state index contributed by atoms with van der Waals surface area (Å²) in [5, 5.41) is 2.95. The van der Waals surface area contributed by atoms with E-state index in [9.17, 15) is 18.0 Å². The number of fused-ring (bicyclic) bond motifs is 1. The molecule has 4 aromatic rings. The topological polar surface area (TPSA) is 97.7 Å². The lowest BCUT2D eigenvalue weighted by Gasteiger charge is -2.24. The Morgan fingerprint density at radius 2 is 1.83 bits per heavy atom. The van der Waals surface area contributed by atoms with Crippen LogP contribution < -0.4 is 19.2 Å². The van der Waals surface area contributed by atoms with Crippen LogP contribution in [0.4, 0.5) is 11.4 Å². The molecule has 0 bridgehead atoms. The Hall–Kier alpha value is -3.34. The third-order valence-corrected chi connectivity index (χ3v) is 8.46. The summed E-state index contributed by atoms with van der Waals surface area (Å²) in [6.45, 7) is 3.36. The van der Waals surface area contributed by atoms with E-state index in [4.69, 9.17) is 16.3 Å². The van der Waals surface area contributed by atoms with E-state index in [0.29, 0.717) is 11.4 Å². The van der Waals surface area contributed by atoms with Gasteiger partial charge in [-0.05, 0) is 62.4 Å². The number of ether oxygens (including phenoxy) is 1. The number of rotatable bonds is 8. The molecule has 1 N–H and O–H groups in total. The number of amides is 1. The lowest BCUT2D eigenvalue weighted by atomic mass is 10.2. The van der Waals surface area contributed by atoms with Crippen LogP contribution in [0.25, 0.3) is 10.2 Å². The lowest BCUT2D eigenvalue weighted by molar-refractivity contribution is -0.114. The number of methoxy groups -OCH3 is 1. The average Bonchev–Trinajstić information content (AvgIpc) is 3.18. The van der Waals surface area contributed by atoms with Gasteiger partial charge < -0.3 is 10.1 Å². The van der Waals surface area contributed by atoms with Crippen molar-refractivity contribution in [2.24, 2.45) is 0 Å². The van der Waals surface area contributed by atoms with Crippen molar-refractivity contribution in [2.45, 2.75) is 24.8 Å². The second kappa shape index (κ2) is 10.3. The molecule has 0 aliphatic carbocycles. The first-order valence-corrected chi connectivity index (χ1v) is 13.6. The van der Waals surface area contributed by atoms with Gasteiger partial charge in [-0.1, -0.05) is 41.1 Å². The van der Waals surface area contributed by atoms with Crippen molar-refractivity contribution in [3.8, 4) is 5.75 Å². The lowest BCUT2D eigenvalue weighted by Crippen LogP contribution is -2.38. The van der Waals surface area contributed by atoms with Crippen LogP contribution >= 0.6 is 22.9 Å². The molecule has 0 aliphatic heterocycles. The van der Waals surface area contributed by atoms with E-state index in [1.54, 1.807) is 41.0 Å². The normalized spacial score (nSPS) is 11.6. The molecule has 0 spiro atoms. The maximum absolute atomic E-state index is 13.5. The molecular formula is C25H24ClN3O5S2. The first-order chi connectivity index (χ1) is 17.1. The van der Waals surface area contributed by atoms with Crippen molar-refractivity contribution in [3.05, 3.63) is 81.4 Å². The summed E-state index contributed by atoms with van der Waals surface area (Å²) in [6.07, 6.45) is 0. The van der Waals surface area contributed by atoms with Crippen molar-refractivity contribution in [1.82, 2.24) is 4.57 Å². The van der Waals surface area contributed by atoms with E-state index >= 15 is 0 Å². The second-order valence-electron chi connectivity index (χ2n) is 8.21. The average molecular weight is 546 g/mol. The number of carbonyl (C=O) groups excluding carboxylic acids is 1. The van der Waals surface area contributed by atoms with Crippen molar-refractivity contribution < 1.29 is 17.9 Å². The molecule has 1 aromatic heterocycles. The fourth-order valence-electron chi connectivity index (χ4n) is 3.78. The number of aromatic nitrogens is 1. The number of hydrogen-bond acceptors (Lipinski definition) is 6. The van der Waals surface area contributed by atoms with Gasteiger partial charge in [0.2, 0.25) is 5.91 Å². The van der Waals surface area contributed by atoms with Crippen LogP contribution in [0.2, 0.25) is 5.02 Å². The number of hydrogen-bond donors (Lipinski definition) is 1. The molecule has 0 saturated heterocycles. The standard InChI is InChI=1S/C25H24ClN3O5S2/c1-16(2)29-21-11-9-17(13-23(21)35-25(29)31)27-24(30)15-28(18-10-12-22(34-3)20(26)14-18)36(32,33)19-7-5-4-6-8-19/h4-14,16H,15H2,1-3H3,(H,27,30). The predicted molar refractivity (Wildman–Crippen MR) is 144 cm³/mol. The number of thiazole rings is 1. The first kappa shape index (κ1) is 25.7. The smallest absolute Gasteiger partial charge is 0.308 e. The van der Waals surface area contributed by atoms with Gasteiger partial charge in [-0.3, -0.25) is 18.5 Å². The van der Waals surface area contributed by atoms with Crippen LogP contribution in [0.5, 0.6) is 5.75 Å². The molecule has 11 heteroatoms. The second-order valence-corrected chi connectivity index (χ2v) is 11.5. The summed E-state index contributed by atoms with van der Waals surface area (Å²) in [7, 11) is -2.64. The highest BCUT2D eigenvalue weighted by Gasteiger charge is 2.28. The highest BCUT2D eigenvalue weighted by atomic mass is 35.5. The Morgan fingerprint density at radius 1 is 1.11 bits per heavy atom. The number of nitrogens with zero attached hydrogens (tertiary/aromatic N) is 2. The van der Waals surface area contributed by atoms with E-state index in [1.165, 1.54) is 37.4 Å². The molecule has 0 aliphatic rings. The fraction of sp³-hybridized carbons (Fsp3) is 0.200. The van der Waals surface area contributed by atoms with Crippen LogP contribution in [0.15, 0.2) is 76.4 Å². The minimum Gasteiger partial charge on any atom is -0.495 e. The summed E-state index contributed by atoms with van der Waals surface area (Å²) in [6, 6.07) is 17.5. The van der Waals surface area contributed by atoms with E-state index in [-0.39, 0.29) is 26.5 Å². The van der Waals surface area contributed by atoms with Gasteiger partial charge in [0.15, 0.2) is 0 Å². The van der Waals surface area contributed by atoms with Crippen LogP contribution in [0.1, 0.15) is 19.9 Å². The van der Waals surface area contributed by atoms with E-state index in [2.05, 4.69) is 5.32 Å². The van der Waals surface area contributed by atoms with Crippen molar-refractivity contribution in [1.29, 1.82) is 0 Å². The largest absolute Gasteiger partial charge is 0.495 e. The van der Waals surface area contributed by atoms with Gasteiger partial charge in [-0.15, -0.1) is 0 Å². The maximum atomic E-state index is 13.5. The van der Waals surface area contributed by atoms with Crippen molar-refractivity contribution in [3.63, 3.8) is 0 Å². The molecule has 8 nitrogen and oxygen atoms in total. The molecule has 188 valence electrons. The van der Waals surface area contributed by atoms with Crippen LogP contribution in [-0.2, 0) is 14.8 Å². The SMILES string of the molecule is COc1ccc(N(CC(=O)Nc2ccc3c(c2)sc(=O)n3C(C)C)S(=O)(=O)c2ccccc2)cc1Cl. The van der Waals surface area contributed by atoms with Gasteiger partial charge in [0, 0.05) is 11.7 Å². The van der Waals surface area contributed by atoms with Gasteiger partial charge in [0.05, 0.1) is 32.9 Å². The molecular weight excluding hydrogens is 522 g/mol. The van der Waals surface area contributed by atoms with Gasteiger partial charge in [-0.25, -0.2) is 8.42 Å². The molecule has 3 aromatic carbocycles. The number of carbonyl (C=O) groups is 1. The summed E-state index contributed by atoms with van der Waals surface area (Å²) < 4.78 is 35.6. The Balaban J connectivity index is 1.66. The first-order valence-electron chi connectivity index (χ1n) is 11.0. The predicted octanol–water partition coefficient (Wildman–Crippen LogP) is 5.14. The van der Waals surface area contributed by atoms with Crippen molar-refractivity contribution >= 4 is 60.5 Å². The van der Waals surface area contributed by atoms with Gasteiger partial charge in [0.1, 0.15) is 12.3 Å². The minimum atomic E-state index is -4.09. The Morgan fingerprint density at radius 3 is 2.47 bits per heavy atom. The number of benzene rings is 3. The molecule has 36 heavy (non-hydrogen) atoms.